The Morgan fingerprint density at radius 3 is 2.83 bits per heavy atom. The molecule has 0 radical (unpaired) electrons. The van der Waals surface area contributed by atoms with Gasteiger partial charge in [-0.2, -0.15) is 5.10 Å². The number of nitrogens with one attached hydrogen (secondary N) is 2. The van der Waals surface area contributed by atoms with Crippen molar-refractivity contribution >= 4 is 22.8 Å². The van der Waals surface area contributed by atoms with E-state index in [-0.39, 0.29) is 12.1 Å². The van der Waals surface area contributed by atoms with Crippen LogP contribution in [0.25, 0.3) is 10.9 Å². The van der Waals surface area contributed by atoms with Gasteiger partial charge in [-0.15, -0.1) is 0 Å². The first-order chi connectivity index (χ1) is 10.9. The summed E-state index contributed by atoms with van der Waals surface area (Å²) in [4.78, 5) is 18.2. The van der Waals surface area contributed by atoms with Gasteiger partial charge in [-0.3, -0.25) is 10.1 Å². The van der Waals surface area contributed by atoms with Crippen molar-refractivity contribution in [2.24, 2.45) is 0 Å². The SMILES string of the molecule is CC(C)(C)OC(=O)NC1CCN(c2n[nH]c3cnccc23)CC1. The summed E-state index contributed by atoms with van der Waals surface area (Å²) in [6, 6.07) is 2.12. The van der Waals surface area contributed by atoms with Crippen molar-refractivity contribution in [2.75, 3.05) is 18.0 Å². The topological polar surface area (TPSA) is 83.1 Å². The van der Waals surface area contributed by atoms with Crippen LogP contribution in [-0.4, -0.2) is 46.0 Å². The Hall–Kier alpha value is -2.31. The highest BCUT2D eigenvalue weighted by Crippen LogP contribution is 2.25. The quantitative estimate of drug-likeness (QED) is 0.889. The first-order valence-corrected chi connectivity index (χ1v) is 7.95. The molecule has 0 unspecified atom stereocenters. The van der Waals surface area contributed by atoms with Crippen molar-refractivity contribution in [3.8, 4) is 0 Å². The molecule has 23 heavy (non-hydrogen) atoms. The predicted octanol–water partition coefficient (Wildman–Crippen LogP) is 2.45. The van der Waals surface area contributed by atoms with Crippen molar-refractivity contribution in [1.82, 2.24) is 20.5 Å². The number of aromatic amines is 1. The number of nitrogens with zero attached hydrogens (tertiary/aromatic N) is 3. The number of H-pyrrole nitrogens is 1. The fourth-order valence-electron chi connectivity index (χ4n) is 2.80. The lowest BCUT2D eigenvalue weighted by Crippen LogP contribution is -2.46. The van der Waals surface area contributed by atoms with Gasteiger partial charge in [0.05, 0.1) is 11.7 Å². The predicted molar refractivity (Wildman–Crippen MR) is 88.5 cm³/mol. The van der Waals surface area contributed by atoms with Crippen LogP contribution in [0.1, 0.15) is 33.6 Å². The molecule has 0 bridgehead atoms. The lowest BCUT2D eigenvalue weighted by atomic mass is 10.1. The number of ether oxygens (including phenoxy) is 1. The Bertz CT molecular complexity index is 683. The lowest BCUT2D eigenvalue weighted by molar-refractivity contribution is 0.0497. The third-order valence-electron chi connectivity index (χ3n) is 3.86. The highest BCUT2D eigenvalue weighted by molar-refractivity contribution is 5.89. The molecule has 1 aliphatic rings. The van der Waals surface area contributed by atoms with Crippen molar-refractivity contribution in [3.63, 3.8) is 0 Å². The molecule has 124 valence electrons. The standard InChI is InChI=1S/C16H23N5O2/c1-16(2,3)23-15(22)18-11-5-8-21(9-6-11)14-12-4-7-17-10-13(12)19-20-14/h4,7,10-11H,5-6,8-9H2,1-3H3,(H,18,22)(H,19,20). The van der Waals surface area contributed by atoms with Crippen LogP contribution in [0.4, 0.5) is 10.6 Å². The number of anilines is 1. The third-order valence-corrected chi connectivity index (χ3v) is 3.86. The summed E-state index contributed by atoms with van der Waals surface area (Å²) < 4.78 is 5.31. The molecule has 1 amide bonds. The average molecular weight is 317 g/mol. The van der Waals surface area contributed by atoms with E-state index in [1.807, 2.05) is 26.8 Å². The summed E-state index contributed by atoms with van der Waals surface area (Å²) in [5, 5.41) is 11.4. The van der Waals surface area contributed by atoms with E-state index >= 15 is 0 Å². The number of pyridine rings is 1. The minimum atomic E-state index is -0.465. The maximum Gasteiger partial charge on any atom is 0.407 e. The van der Waals surface area contributed by atoms with Crippen LogP contribution in [0.15, 0.2) is 18.5 Å². The normalized spacial score (nSPS) is 16.6. The molecule has 1 saturated heterocycles. The van der Waals surface area contributed by atoms with Gasteiger partial charge < -0.3 is 15.0 Å². The Balaban J connectivity index is 1.57. The van der Waals surface area contributed by atoms with Gasteiger partial charge in [0.25, 0.3) is 0 Å². The molecule has 3 heterocycles. The number of piperidine rings is 1. The number of aromatic nitrogens is 3. The maximum atomic E-state index is 11.8. The van der Waals surface area contributed by atoms with Crippen molar-refractivity contribution in [2.45, 2.75) is 45.3 Å². The Morgan fingerprint density at radius 1 is 1.39 bits per heavy atom. The zero-order chi connectivity index (χ0) is 16.4. The molecule has 0 aliphatic carbocycles. The molecular formula is C16H23N5O2. The van der Waals surface area contributed by atoms with E-state index in [1.165, 1.54) is 0 Å². The molecule has 1 aliphatic heterocycles. The molecule has 0 atom stereocenters. The Kier molecular flexibility index (Phi) is 4.11. The minimum Gasteiger partial charge on any atom is -0.444 e. The molecule has 0 saturated carbocycles. The summed E-state index contributed by atoms with van der Waals surface area (Å²) in [5.41, 5.74) is 0.476. The molecule has 2 aromatic heterocycles. The maximum absolute atomic E-state index is 11.8. The molecule has 0 spiro atoms. The molecular weight excluding hydrogens is 294 g/mol. The van der Waals surface area contributed by atoms with Crippen LogP contribution in [0, 0.1) is 0 Å². The van der Waals surface area contributed by atoms with Gasteiger partial charge in [-0.05, 0) is 39.7 Å². The molecule has 3 rings (SSSR count). The zero-order valence-electron chi connectivity index (χ0n) is 13.8. The van der Waals surface area contributed by atoms with Crippen molar-refractivity contribution in [1.29, 1.82) is 0 Å². The average Bonchev–Trinajstić information content (AvgIpc) is 2.90. The van der Waals surface area contributed by atoms with E-state index in [2.05, 4.69) is 25.4 Å². The zero-order valence-corrected chi connectivity index (χ0v) is 13.8. The van der Waals surface area contributed by atoms with Crippen molar-refractivity contribution in [3.05, 3.63) is 18.5 Å². The molecule has 0 aromatic carbocycles. The highest BCUT2D eigenvalue weighted by Gasteiger charge is 2.25. The smallest absolute Gasteiger partial charge is 0.407 e. The van der Waals surface area contributed by atoms with Crippen LogP contribution in [0.3, 0.4) is 0 Å². The number of carbonyl (C=O) groups is 1. The van der Waals surface area contributed by atoms with Gasteiger partial charge in [0.1, 0.15) is 5.60 Å². The van der Waals surface area contributed by atoms with Crippen LogP contribution in [0.2, 0.25) is 0 Å². The summed E-state index contributed by atoms with van der Waals surface area (Å²) >= 11 is 0. The van der Waals surface area contributed by atoms with E-state index < -0.39 is 5.60 Å². The fraction of sp³-hybridized carbons (Fsp3) is 0.562. The second-order valence-corrected chi connectivity index (χ2v) is 6.88. The number of rotatable bonds is 2. The molecule has 1 fully saturated rings. The Morgan fingerprint density at radius 2 is 2.13 bits per heavy atom. The fourth-order valence-corrected chi connectivity index (χ4v) is 2.80. The van der Waals surface area contributed by atoms with E-state index in [0.717, 1.165) is 42.7 Å². The summed E-state index contributed by atoms with van der Waals surface area (Å²) in [5.74, 6) is 0.957. The van der Waals surface area contributed by atoms with E-state index in [4.69, 9.17) is 4.74 Å². The minimum absolute atomic E-state index is 0.146. The summed E-state index contributed by atoms with van der Waals surface area (Å²) in [6.07, 6.45) is 4.96. The van der Waals surface area contributed by atoms with Crippen LogP contribution in [0.5, 0.6) is 0 Å². The van der Waals surface area contributed by atoms with Gasteiger partial charge in [-0.25, -0.2) is 4.79 Å². The lowest BCUT2D eigenvalue weighted by Gasteiger charge is -2.33. The number of fused-ring (bicyclic) bond motifs is 1. The molecule has 7 heteroatoms. The number of carbonyl (C=O) groups excluding carboxylic acids is 1. The Labute approximate surface area is 135 Å². The first-order valence-electron chi connectivity index (χ1n) is 7.95. The first kappa shape index (κ1) is 15.6. The number of alkyl carbamates (subject to hydrolysis) is 1. The summed E-state index contributed by atoms with van der Waals surface area (Å²) in [6.45, 7) is 7.30. The van der Waals surface area contributed by atoms with E-state index in [0.29, 0.717) is 0 Å². The van der Waals surface area contributed by atoms with Crippen molar-refractivity contribution < 1.29 is 9.53 Å². The largest absolute Gasteiger partial charge is 0.444 e. The van der Waals surface area contributed by atoms with E-state index in [9.17, 15) is 4.79 Å². The summed E-state index contributed by atoms with van der Waals surface area (Å²) in [7, 11) is 0. The monoisotopic (exact) mass is 317 g/mol. The molecule has 2 aromatic rings. The van der Waals surface area contributed by atoms with Gasteiger partial charge in [0, 0.05) is 30.7 Å². The van der Waals surface area contributed by atoms with Crippen LogP contribution < -0.4 is 10.2 Å². The number of hydrogen-bond donors (Lipinski definition) is 2. The molecule has 7 nitrogen and oxygen atoms in total. The second kappa shape index (κ2) is 6.06. The van der Waals surface area contributed by atoms with Gasteiger partial charge in [0.15, 0.2) is 5.82 Å². The number of hydrogen-bond acceptors (Lipinski definition) is 5. The highest BCUT2D eigenvalue weighted by atomic mass is 16.6. The van der Waals surface area contributed by atoms with Crippen LogP contribution >= 0.6 is 0 Å². The molecule has 2 N–H and O–H groups in total. The van der Waals surface area contributed by atoms with Gasteiger partial charge >= 0.3 is 6.09 Å². The third kappa shape index (κ3) is 3.72. The van der Waals surface area contributed by atoms with E-state index in [1.54, 1.807) is 12.4 Å². The second-order valence-electron chi connectivity index (χ2n) is 6.88. The van der Waals surface area contributed by atoms with Gasteiger partial charge in [-0.1, -0.05) is 0 Å². The van der Waals surface area contributed by atoms with Crippen LogP contribution in [-0.2, 0) is 4.74 Å². The van der Waals surface area contributed by atoms with Gasteiger partial charge in [0.2, 0.25) is 0 Å². The number of amides is 1.